The second-order valence-corrected chi connectivity index (χ2v) is 26.4. The number of rotatable bonds is 10. The molecule has 2 unspecified atom stereocenters. The summed E-state index contributed by atoms with van der Waals surface area (Å²) in [6.07, 6.45) is -5.71. The second kappa shape index (κ2) is 10.2. The molecule has 0 aliphatic carbocycles. The molecular formula is C18H30F8O3Si4. The Labute approximate surface area is 193 Å². The van der Waals surface area contributed by atoms with Crippen LogP contribution in [0.5, 0.6) is 0 Å². The molecule has 0 aromatic heterocycles. The summed E-state index contributed by atoms with van der Waals surface area (Å²) in [6.45, 7) is 13.2. The Kier molecular flexibility index (Phi) is 9.39. The fourth-order valence-electron chi connectivity index (χ4n) is 3.46. The topological polar surface area (TPSA) is 27.7 Å². The van der Waals surface area contributed by atoms with Gasteiger partial charge in [-0.1, -0.05) is 0 Å². The summed E-state index contributed by atoms with van der Waals surface area (Å²) in [5, 5.41) is 0. The van der Waals surface area contributed by atoms with E-state index in [4.69, 9.17) is 12.3 Å². The third-order valence-electron chi connectivity index (χ3n) is 4.14. The Bertz CT molecular complexity index is 828. The fraction of sp³-hybridized carbons (Fsp3) is 0.667. The Morgan fingerprint density at radius 2 is 0.939 bits per heavy atom. The average Bonchev–Trinajstić information content (AvgIpc) is 2.56. The van der Waals surface area contributed by atoms with Crippen molar-refractivity contribution in [1.82, 2.24) is 0 Å². The van der Waals surface area contributed by atoms with Crippen molar-refractivity contribution in [2.24, 2.45) is 0 Å². The molecule has 0 N–H and O–H groups in total. The van der Waals surface area contributed by atoms with Gasteiger partial charge in [-0.15, -0.1) is 0 Å². The minimum atomic E-state index is -4.50. The highest BCUT2D eigenvalue weighted by molar-refractivity contribution is 6.89. The lowest BCUT2D eigenvalue weighted by molar-refractivity contribution is -0.131. The van der Waals surface area contributed by atoms with Crippen molar-refractivity contribution in [2.75, 3.05) is 0 Å². The molecule has 0 saturated heterocycles. The predicted octanol–water partition coefficient (Wildman–Crippen LogP) is 7.28. The van der Waals surface area contributed by atoms with Gasteiger partial charge in [0.05, 0.1) is 0 Å². The molecule has 0 aliphatic heterocycles. The summed E-state index contributed by atoms with van der Waals surface area (Å²) in [7, 11) is -12.5. The van der Waals surface area contributed by atoms with E-state index in [1.807, 2.05) is 0 Å². The molecule has 0 bridgehead atoms. The summed E-state index contributed by atoms with van der Waals surface area (Å²) in [4.78, 5) is 0. The molecule has 1 aromatic carbocycles. The van der Waals surface area contributed by atoms with Crippen LogP contribution in [-0.4, -0.2) is 39.9 Å². The van der Waals surface area contributed by atoms with E-state index in [1.165, 1.54) is 13.1 Å². The fourth-order valence-corrected chi connectivity index (χ4v) is 21.6. The van der Waals surface area contributed by atoms with Crippen molar-refractivity contribution < 1.29 is 47.5 Å². The van der Waals surface area contributed by atoms with Crippen LogP contribution < -0.4 is 0 Å². The molecule has 0 amide bonds. The number of halogens is 8. The first-order valence-corrected chi connectivity index (χ1v) is 22.0. The van der Waals surface area contributed by atoms with Crippen LogP contribution in [0.1, 0.15) is 12.0 Å². The van der Waals surface area contributed by atoms with Crippen molar-refractivity contribution in [2.45, 2.75) is 77.1 Å². The lowest BCUT2D eigenvalue weighted by atomic mass is 10.2. The van der Waals surface area contributed by atoms with E-state index in [0.717, 1.165) is 0 Å². The maximum Gasteiger partial charge on any atom is 0.389 e. The first kappa shape index (κ1) is 30.4. The first-order valence-electron chi connectivity index (χ1n) is 10.2. The van der Waals surface area contributed by atoms with Crippen LogP contribution in [0, 0.1) is 29.1 Å². The minimum absolute atomic E-state index is 0.504. The molecule has 0 radical (unpaired) electrons. The molecule has 3 nitrogen and oxygen atoms in total. The van der Waals surface area contributed by atoms with Crippen molar-refractivity contribution in [1.29, 1.82) is 0 Å². The average molecular weight is 559 g/mol. The number of benzene rings is 1. The zero-order valence-corrected chi connectivity index (χ0v) is 23.9. The van der Waals surface area contributed by atoms with Gasteiger partial charge in [0.15, 0.2) is 39.9 Å². The van der Waals surface area contributed by atoms with Crippen molar-refractivity contribution >= 4 is 33.8 Å². The van der Waals surface area contributed by atoms with Crippen molar-refractivity contribution in [3.8, 4) is 0 Å². The highest BCUT2D eigenvalue weighted by atomic mass is 28.5. The zero-order valence-electron chi connectivity index (χ0n) is 19.9. The predicted molar refractivity (Wildman–Crippen MR) is 119 cm³/mol. The Balaban J connectivity index is 3.54. The molecule has 192 valence electrons. The van der Waals surface area contributed by atoms with E-state index in [2.05, 4.69) is 0 Å². The molecule has 1 rings (SSSR count). The van der Waals surface area contributed by atoms with Gasteiger partial charge in [-0.2, -0.15) is 13.2 Å². The molecule has 0 spiro atoms. The molecule has 0 fully saturated rings. The molecular weight excluding hydrogens is 529 g/mol. The van der Waals surface area contributed by atoms with Gasteiger partial charge >= 0.3 is 23.3 Å². The summed E-state index contributed by atoms with van der Waals surface area (Å²) in [5.74, 6) is -10.5. The van der Waals surface area contributed by atoms with E-state index in [9.17, 15) is 35.1 Å². The largest absolute Gasteiger partial charge is 0.437 e. The van der Waals surface area contributed by atoms with E-state index >= 15 is 0 Å². The van der Waals surface area contributed by atoms with Gasteiger partial charge in [0, 0.05) is 18.0 Å². The van der Waals surface area contributed by atoms with E-state index in [0.29, 0.717) is 0 Å². The van der Waals surface area contributed by atoms with Crippen LogP contribution in [0.3, 0.4) is 0 Å². The van der Waals surface area contributed by atoms with Crippen LogP contribution in [-0.2, 0) is 18.4 Å². The van der Waals surface area contributed by atoms with Gasteiger partial charge in [-0.3, -0.25) is 0 Å². The van der Waals surface area contributed by atoms with Gasteiger partial charge in [0.2, 0.25) is 5.82 Å². The van der Waals surface area contributed by atoms with Gasteiger partial charge in [-0.05, 0) is 58.4 Å². The van der Waals surface area contributed by atoms with Gasteiger partial charge in [0.1, 0.15) is 0 Å². The highest BCUT2D eigenvalue weighted by Crippen LogP contribution is 2.34. The maximum atomic E-state index is 14.4. The lowest BCUT2D eigenvalue weighted by Gasteiger charge is -2.43. The normalized spacial score (nSPS) is 17.1. The molecule has 0 heterocycles. The molecule has 15 heteroatoms. The summed E-state index contributed by atoms with van der Waals surface area (Å²) in [6, 6.07) is -1.29. The second-order valence-electron chi connectivity index (χ2n) is 10.1. The van der Waals surface area contributed by atoms with Crippen LogP contribution in [0.15, 0.2) is 0 Å². The lowest BCUT2D eigenvalue weighted by Crippen LogP contribution is -2.59. The third-order valence-corrected chi connectivity index (χ3v) is 18.1. The summed E-state index contributed by atoms with van der Waals surface area (Å²) >= 11 is 0. The SMILES string of the molecule is C[Si](C)(C)O[Si](C)(CCC(F)(F)F)O[Si](C)(Cc1c(F)c(F)c(F)c(F)c1F)O[Si](C)(C)C. The van der Waals surface area contributed by atoms with Gasteiger partial charge < -0.3 is 12.3 Å². The standard InChI is InChI=1S/C18H30F8O3Si4/c1-30(2,3)27-32(7,10-9-18(24,25)26)29-33(8,28-31(4,5)6)11-12-13(19)15(21)17(23)16(22)14(12)20/h9-11H2,1-8H3. The minimum Gasteiger partial charge on any atom is -0.437 e. The molecule has 1 aromatic rings. The van der Waals surface area contributed by atoms with E-state index in [1.54, 1.807) is 39.3 Å². The summed E-state index contributed by atoms with van der Waals surface area (Å²) < 4.78 is 127. The van der Waals surface area contributed by atoms with Crippen LogP contribution in [0.4, 0.5) is 35.1 Å². The Hall–Kier alpha value is -0.592. The van der Waals surface area contributed by atoms with E-state index < -0.39 is 93.1 Å². The molecule has 2 atom stereocenters. The van der Waals surface area contributed by atoms with Crippen LogP contribution in [0.2, 0.25) is 58.4 Å². The quantitative estimate of drug-likeness (QED) is 0.131. The van der Waals surface area contributed by atoms with Gasteiger partial charge in [0.25, 0.3) is 0 Å². The molecule has 33 heavy (non-hydrogen) atoms. The monoisotopic (exact) mass is 558 g/mol. The van der Waals surface area contributed by atoms with E-state index in [-0.39, 0.29) is 0 Å². The van der Waals surface area contributed by atoms with Crippen LogP contribution in [0.25, 0.3) is 0 Å². The highest BCUT2D eigenvalue weighted by Gasteiger charge is 2.49. The summed E-state index contributed by atoms with van der Waals surface area (Å²) in [5.41, 5.74) is -1.11. The van der Waals surface area contributed by atoms with Gasteiger partial charge in [-0.25, -0.2) is 22.0 Å². The number of hydrogen-bond acceptors (Lipinski definition) is 3. The number of alkyl halides is 3. The molecule has 0 saturated carbocycles. The first-order chi connectivity index (χ1) is 14.5. The van der Waals surface area contributed by atoms with Crippen molar-refractivity contribution in [3.63, 3.8) is 0 Å². The third kappa shape index (κ3) is 9.52. The van der Waals surface area contributed by atoms with Crippen LogP contribution >= 0.6 is 0 Å². The Morgan fingerprint density at radius 1 is 0.576 bits per heavy atom. The number of hydrogen-bond donors (Lipinski definition) is 0. The maximum absolute atomic E-state index is 14.4. The molecule has 0 aliphatic rings. The Morgan fingerprint density at radius 3 is 1.30 bits per heavy atom. The smallest absolute Gasteiger partial charge is 0.389 e. The van der Waals surface area contributed by atoms with Crippen molar-refractivity contribution in [3.05, 3.63) is 34.6 Å². The zero-order chi connectivity index (χ0) is 26.2.